The Balaban J connectivity index is 2.04. The molecule has 0 aromatic heterocycles. The van der Waals surface area contributed by atoms with Gasteiger partial charge in [0.2, 0.25) is 5.91 Å². The Morgan fingerprint density at radius 1 is 1.35 bits per heavy atom. The van der Waals surface area contributed by atoms with Gasteiger partial charge < -0.3 is 14.5 Å². The van der Waals surface area contributed by atoms with E-state index < -0.39 is 0 Å². The monoisotopic (exact) mass is 298 g/mol. The molecule has 6 heteroatoms. The minimum absolute atomic E-state index is 0.0107. The molecule has 0 radical (unpaired) electrons. The summed E-state index contributed by atoms with van der Waals surface area (Å²) in [6, 6.07) is -0.314. The zero-order valence-corrected chi connectivity index (χ0v) is 12.9. The third-order valence-electron chi connectivity index (χ3n) is 3.60. The molecule has 2 aliphatic rings. The number of amides is 2. The predicted octanol–water partition coefficient (Wildman–Crippen LogP) is 1.10. The molecule has 0 aliphatic carbocycles. The van der Waals surface area contributed by atoms with E-state index in [0.29, 0.717) is 37.9 Å². The second-order valence-corrected chi connectivity index (χ2v) is 6.02. The molecule has 5 nitrogen and oxygen atoms in total. The molecule has 2 heterocycles. The molecule has 0 unspecified atom stereocenters. The fourth-order valence-corrected chi connectivity index (χ4v) is 3.61. The van der Waals surface area contributed by atoms with Crippen LogP contribution in [-0.4, -0.2) is 65.6 Å². The van der Waals surface area contributed by atoms with Gasteiger partial charge in [0.15, 0.2) is 0 Å². The van der Waals surface area contributed by atoms with Crippen molar-refractivity contribution in [3.05, 3.63) is 11.6 Å². The van der Waals surface area contributed by atoms with E-state index >= 15 is 0 Å². The van der Waals surface area contributed by atoms with Crippen LogP contribution >= 0.6 is 11.8 Å². The molecule has 112 valence electrons. The normalized spacial score (nSPS) is 24.1. The van der Waals surface area contributed by atoms with Crippen molar-refractivity contribution in [3.8, 4) is 0 Å². The van der Waals surface area contributed by atoms with Crippen LogP contribution in [0.25, 0.3) is 0 Å². The van der Waals surface area contributed by atoms with Crippen LogP contribution in [0, 0.1) is 0 Å². The second-order valence-electron chi connectivity index (χ2n) is 5.02. The first-order valence-corrected chi connectivity index (χ1v) is 8.22. The third kappa shape index (κ3) is 3.35. The molecule has 2 saturated heterocycles. The molecule has 0 bridgehead atoms. The molecule has 2 aliphatic heterocycles. The van der Waals surface area contributed by atoms with Gasteiger partial charge >= 0.3 is 0 Å². The molecule has 0 aromatic rings. The van der Waals surface area contributed by atoms with E-state index in [4.69, 9.17) is 4.74 Å². The van der Waals surface area contributed by atoms with Crippen LogP contribution < -0.4 is 0 Å². The number of nitrogens with zero attached hydrogens (tertiary/aromatic N) is 2. The summed E-state index contributed by atoms with van der Waals surface area (Å²) in [5.41, 5.74) is 0.731. The van der Waals surface area contributed by atoms with Gasteiger partial charge in [0.05, 0.1) is 19.1 Å². The van der Waals surface area contributed by atoms with Crippen LogP contribution in [0.4, 0.5) is 0 Å². The number of morpholine rings is 1. The highest BCUT2D eigenvalue weighted by molar-refractivity contribution is 7.99. The number of hydrogen-bond acceptors (Lipinski definition) is 4. The van der Waals surface area contributed by atoms with E-state index in [1.54, 1.807) is 16.7 Å². The molecular weight excluding hydrogens is 276 g/mol. The van der Waals surface area contributed by atoms with Crippen molar-refractivity contribution in [2.24, 2.45) is 0 Å². The van der Waals surface area contributed by atoms with Crippen LogP contribution in [0.5, 0.6) is 0 Å². The number of hydrogen-bond donors (Lipinski definition) is 0. The van der Waals surface area contributed by atoms with Crippen molar-refractivity contribution in [1.29, 1.82) is 0 Å². The van der Waals surface area contributed by atoms with Crippen LogP contribution in [-0.2, 0) is 14.3 Å². The van der Waals surface area contributed by atoms with Gasteiger partial charge in [-0.3, -0.25) is 9.59 Å². The Kier molecular flexibility index (Phi) is 5.48. The van der Waals surface area contributed by atoms with Crippen LogP contribution in [0.1, 0.15) is 20.3 Å². The molecule has 0 N–H and O–H groups in total. The summed E-state index contributed by atoms with van der Waals surface area (Å²) in [7, 11) is 0. The maximum Gasteiger partial charge on any atom is 0.250 e. The number of thioether (sulfide) groups is 1. The molecule has 0 saturated carbocycles. The molecule has 20 heavy (non-hydrogen) atoms. The number of rotatable bonds is 3. The Labute approximate surface area is 124 Å². The average molecular weight is 298 g/mol. The smallest absolute Gasteiger partial charge is 0.250 e. The van der Waals surface area contributed by atoms with E-state index in [0.717, 1.165) is 12.0 Å². The molecule has 0 aromatic carbocycles. The first-order chi connectivity index (χ1) is 9.65. The van der Waals surface area contributed by atoms with Crippen LogP contribution in [0.15, 0.2) is 11.6 Å². The van der Waals surface area contributed by atoms with Crippen molar-refractivity contribution in [2.45, 2.75) is 26.3 Å². The summed E-state index contributed by atoms with van der Waals surface area (Å²) in [6.07, 6.45) is 2.75. The number of allylic oxidation sites excluding steroid dienone is 1. The van der Waals surface area contributed by atoms with Crippen molar-refractivity contribution >= 4 is 23.6 Å². The molecule has 2 fully saturated rings. The van der Waals surface area contributed by atoms with Gasteiger partial charge in [0.25, 0.3) is 5.91 Å². The minimum Gasteiger partial charge on any atom is -0.378 e. The number of carbonyl (C=O) groups is 2. The lowest BCUT2D eigenvalue weighted by molar-refractivity contribution is -0.144. The topological polar surface area (TPSA) is 49.9 Å². The lowest BCUT2D eigenvalue weighted by Gasteiger charge is -2.32. The average Bonchev–Trinajstić information content (AvgIpc) is 2.96. The SMILES string of the molecule is CC/C=C(/C)C(=O)N1CSC[C@@H]1C(=O)N1CCOCC1. The van der Waals surface area contributed by atoms with E-state index in [1.165, 1.54) is 0 Å². The van der Waals surface area contributed by atoms with Gasteiger partial charge in [-0.25, -0.2) is 0 Å². The highest BCUT2D eigenvalue weighted by atomic mass is 32.2. The lowest BCUT2D eigenvalue weighted by Crippen LogP contribution is -2.52. The summed E-state index contributed by atoms with van der Waals surface area (Å²) in [5, 5.41) is 0. The predicted molar refractivity (Wildman–Crippen MR) is 79.4 cm³/mol. The Morgan fingerprint density at radius 2 is 2.05 bits per heavy atom. The Bertz CT molecular complexity index is 405. The zero-order chi connectivity index (χ0) is 14.5. The molecular formula is C14H22N2O3S. The van der Waals surface area contributed by atoms with Gasteiger partial charge in [-0.05, 0) is 13.3 Å². The molecule has 1 atom stereocenters. The van der Waals surface area contributed by atoms with Crippen LogP contribution in [0.2, 0.25) is 0 Å². The van der Waals surface area contributed by atoms with Crippen molar-refractivity contribution in [1.82, 2.24) is 9.80 Å². The van der Waals surface area contributed by atoms with Gasteiger partial charge in [-0.1, -0.05) is 13.0 Å². The lowest BCUT2D eigenvalue weighted by atomic mass is 10.1. The fourth-order valence-electron chi connectivity index (χ4n) is 2.46. The molecule has 2 rings (SSSR count). The first-order valence-electron chi connectivity index (χ1n) is 7.07. The van der Waals surface area contributed by atoms with Gasteiger partial charge in [0.1, 0.15) is 6.04 Å². The number of ether oxygens (including phenoxy) is 1. The zero-order valence-electron chi connectivity index (χ0n) is 12.1. The summed E-state index contributed by atoms with van der Waals surface area (Å²) in [4.78, 5) is 28.5. The minimum atomic E-state index is -0.314. The summed E-state index contributed by atoms with van der Waals surface area (Å²) >= 11 is 1.65. The standard InChI is InChI=1S/C14H22N2O3S/c1-3-4-11(2)13(17)16-10-20-9-12(16)14(18)15-5-7-19-8-6-15/h4,12H,3,5-10H2,1-2H3/b11-4-/t12-/m1/s1. The fraction of sp³-hybridized carbons (Fsp3) is 0.714. The van der Waals surface area contributed by atoms with Crippen molar-refractivity contribution in [3.63, 3.8) is 0 Å². The van der Waals surface area contributed by atoms with E-state index in [1.807, 2.05) is 24.8 Å². The maximum absolute atomic E-state index is 12.5. The van der Waals surface area contributed by atoms with Gasteiger partial charge in [0, 0.05) is 24.4 Å². The quantitative estimate of drug-likeness (QED) is 0.732. The maximum atomic E-state index is 12.5. The first kappa shape index (κ1) is 15.4. The summed E-state index contributed by atoms with van der Waals surface area (Å²) in [5.74, 6) is 1.36. The van der Waals surface area contributed by atoms with E-state index in [-0.39, 0.29) is 17.9 Å². The van der Waals surface area contributed by atoms with Gasteiger partial charge in [-0.15, -0.1) is 11.8 Å². The summed E-state index contributed by atoms with van der Waals surface area (Å²) < 4.78 is 5.27. The Morgan fingerprint density at radius 3 is 2.70 bits per heavy atom. The molecule has 0 spiro atoms. The highest BCUT2D eigenvalue weighted by Gasteiger charge is 2.37. The largest absolute Gasteiger partial charge is 0.378 e. The molecule has 2 amide bonds. The van der Waals surface area contributed by atoms with E-state index in [2.05, 4.69) is 0 Å². The Hall–Kier alpha value is -1.01. The van der Waals surface area contributed by atoms with E-state index in [9.17, 15) is 9.59 Å². The second kappa shape index (κ2) is 7.13. The van der Waals surface area contributed by atoms with Gasteiger partial charge in [-0.2, -0.15) is 0 Å². The number of carbonyl (C=O) groups excluding carboxylic acids is 2. The highest BCUT2D eigenvalue weighted by Crippen LogP contribution is 2.24. The summed E-state index contributed by atoms with van der Waals surface area (Å²) in [6.45, 7) is 6.28. The third-order valence-corrected chi connectivity index (χ3v) is 4.61. The van der Waals surface area contributed by atoms with Crippen molar-refractivity contribution < 1.29 is 14.3 Å². The van der Waals surface area contributed by atoms with Crippen LogP contribution in [0.3, 0.4) is 0 Å². The van der Waals surface area contributed by atoms with Crippen molar-refractivity contribution in [2.75, 3.05) is 37.9 Å².